The molecule has 2 heterocycles. The molecular weight excluding hydrogens is 208 g/mol. The fraction of sp³-hybridized carbons (Fsp3) is 0.600. The smallest absolute Gasteiger partial charge is 0.149 e. The Morgan fingerprint density at radius 1 is 1.53 bits per heavy atom. The van der Waals surface area contributed by atoms with E-state index in [9.17, 15) is 0 Å². The van der Waals surface area contributed by atoms with Crippen molar-refractivity contribution < 1.29 is 0 Å². The van der Waals surface area contributed by atoms with E-state index in [0.717, 1.165) is 11.6 Å². The minimum Gasteiger partial charge on any atom is -0.372 e. The number of nitrogens with zero attached hydrogens (tertiary/aromatic N) is 3. The summed E-state index contributed by atoms with van der Waals surface area (Å²) in [6, 6.07) is 0.608. The minimum atomic E-state index is 0.608. The largest absolute Gasteiger partial charge is 0.372 e. The van der Waals surface area contributed by atoms with E-state index in [0.29, 0.717) is 6.04 Å². The molecule has 1 aliphatic heterocycles. The van der Waals surface area contributed by atoms with Crippen molar-refractivity contribution in [2.24, 2.45) is 0 Å². The summed E-state index contributed by atoms with van der Waals surface area (Å²) in [4.78, 5) is 10.9. The van der Waals surface area contributed by atoms with Crippen LogP contribution in [0.4, 0.5) is 11.6 Å². The zero-order chi connectivity index (χ0) is 10.7. The molecule has 1 N–H and O–H groups in total. The van der Waals surface area contributed by atoms with Crippen LogP contribution in [0.1, 0.15) is 6.42 Å². The number of aromatic nitrogens is 2. The lowest BCUT2D eigenvalue weighted by Crippen LogP contribution is -2.32. The minimum absolute atomic E-state index is 0.608. The van der Waals surface area contributed by atoms with Crippen LogP contribution in [0.5, 0.6) is 0 Å². The van der Waals surface area contributed by atoms with Crippen molar-refractivity contribution in [3.8, 4) is 0 Å². The maximum Gasteiger partial charge on any atom is 0.149 e. The van der Waals surface area contributed by atoms with Gasteiger partial charge in [0.15, 0.2) is 0 Å². The molecule has 82 valence electrons. The molecule has 0 aliphatic carbocycles. The van der Waals surface area contributed by atoms with E-state index >= 15 is 0 Å². The maximum atomic E-state index is 4.48. The molecule has 0 amide bonds. The Hall–Kier alpha value is -0.970. The van der Waals surface area contributed by atoms with Crippen molar-refractivity contribution in [2.45, 2.75) is 12.5 Å². The highest BCUT2D eigenvalue weighted by Crippen LogP contribution is 2.24. The lowest BCUT2D eigenvalue weighted by atomic mass is 10.2. The molecule has 0 saturated carbocycles. The molecule has 0 aromatic carbocycles. The molecule has 0 bridgehead atoms. The number of anilines is 2. The van der Waals surface area contributed by atoms with Gasteiger partial charge in [-0.15, -0.1) is 0 Å². The fourth-order valence-corrected chi connectivity index (χ4v) is 2.93. The number of rotatable bonds is 3. The first-order valence-corrected chi connectivity index (χ1v) is 6.27. The van der Waals surface area contributed by atoms with Crippen LogP contribution in [-0.4, -0.2) is 41.6 Å². The van der Waals surface area contributed by atoms with Crippen LogP contribution in [0, 0.1) is 0 Å². The van der Waals surface area contributed by atoms with Gasteiger partial charge >= 0.3 is 0 Å². The van der Waals surface area contributed by atoms with Crippen LogP contribution in [0.25, 0.3) is 0 Å². The molecule has 0 radical (unpaired) electrons. The Bertz CT molecular complexity index is 325. The predicted octanol–water partition coefficient (Wildman–Crippen LogP) is 1.46. The van der Waals surface area contributed by atoms with Gasteiger partial charge in [-0.05, 0) is 12.2 Å². The van der Waals surface area contributed by atoms with E-state index in [1.165, 1.54) is 17.9 Å². The first-order valence-electron chi connectivity index (χ1n) is 5.11. The molecule has 1 aliphatic rings. The van der Waals surface area contributed by atoms with Crippen LogP contribution >= 0.6 is 11.8 Å². The zero-order valence-corrected chi connectivity index (χ0v) is 9.92. The summed E-state index contributed by atoms with van der Waals surface area (Å²) in [6.45, 7) is 0. The maximum absolute atomic E-state index is 4.48. The second kappa shape index (κ2) is 4.70. The van der Waals surface area contributed by atoms with Crippen LogP contribution < -0.4 is 10.2 Å². The molecule has 1 saturated heterocycles. The number of thioether (sulfide) groups is 1. The summed E-state index contributed by atoms with van der Waals surface area (Å²) >= 11 is 2.01. The van der Waals surface area contributed by atoms with Gasteiger partial charge in [-0.1, -0.05) is 0 Å². The molecule has 0 spiro atoms. The quantitative estimate of drug-likeness (QED) is 0.842. The van der Waals surface area contributed by atoms with Crippen LogP contribution in [0.15, 0.2) is 12.4 Å². The van der Waals surface area contributed by atoms with E-state index < -0.39 is 0 Å². The zero-order valence-electron chi connectivity index (χ0n) is 9.10. The molecule has 1 fully saturated rings. The Morgan fingerprint density at radius 2 is 2.40 bits per heavy atom. The standard InChI is InChI=1S/C10H16N4S/c1-11-9-5-12-6-10(13-9)14(2)8-3-4-15-7-8/h5-6,8H,3-4,7H2,1-2H3,(H,11,13). The average Bonchev–Trinajstić information content (AvgIpc) is 2.81. The van der Waals surface area contributed by atoms with E-state index in [1.54, 1.807) is 6.20 Å². The van der Waals surface area contributed by atoms with E-state index in [-0.39, 0.29) is 0 Å². The first kappa shape index (κ1) is 10.5. The summed E-state index contributed by atoms with van der Waals surface area (Å²) in [5.74, 6) is 4.23. The molecule has 15 heavy (non-hydrogen) atoms. The average molecular weight is 224 g/mol. The molecule has 4 nitrogen and oxygen atoms in total. The van der Waals surface area contributed by atoms with E-state index in [1.807, 2.05) is 25.0 Å². The summed E-state index contributed by atoms with van der Waals surface area (Å²) in [5, 5.41) is 3.01. The third-order valence-electron chi connectivity index (χ3n) is 2.69. The van der Waals surface area contributed by atoms with Gasteiger partial charge in [0.1, 0.15) is 11.6 Å². The Kier molecular flexibility index (Phi) is 3.30. The number of nitrogens with one attached hydrogen (secondary N) is 1. The second-order valence-corrected chi connectivity index (χ2v) is 4.79. The molecular formula is C10H16N4S. The fourth-order valence-electron chi connectivity index (χ4n) is 1.66. The van der Waals surface area contributed by atoms with Gasteiger partial charge in [0.2, 0.25) is 0 Å². The summed E-state index contributed by atoms with van der Waals surface area (Å²) in [7, 11) is 3.96. The third-order valence-corrected chi connectivity index (χ3v) is 3.84. The van der Waals surface area contributed by atoms with Crippen LogP contribution in [0.3, 0.4) is 0 Å². The Balaban J connectivity index is 2.13. The Labute approximate surface area is 94.5 Å². The highest BCUT2D eigenvalue weighted by molar-refractivity contribution is 7.99. The molecule has 5 heteroatoms. The molecule has 2 rings (SSSR count). The van der Waals surface area contributed by atoms with Gasteiger partial charge in [-0.2, -0.15) is 11.8 Å². The summed E-state index contributed by atoms with van der Waals surface area (Å²) < 4.78 is 0. The lowest BCUT2D eigenvalue weighted by molar-refractivity contribution is 0.690. The van der Waals surface area contributed by atoms with Crippen molar-refractivity contribution in [3.05, 3.63) is 12.4 Å². The van der Waals surface area contributed by atoms with E-state index in [4.69, 9.17) is 0 Å². The highest BCUT2D eigenvalue weighted by Gasteiger charge is 2.21. The second-order valence-electron chi connectivity index (χ2n) is 3.64. The molecule has 1 aromatic heterocycles. The van der Waals surface area contributed by atoms with Crippen LogP contribution in [-0.2, 0) is 0 Å². The SMILES string of the molecule is CNc1cncc(N(C)C2CCSC2)n1. The lowest BCUT2D eigenvalue weighted by Gasteiger charge is -2.24. The third kappa shape index (κ3) is 2.34. The normalized spacial score (nSPS) is 20.3. The van der Waals surface area contributed by atoms with Gasteiger partial charge in [-0.25, -0.2) is 4.98 Å². The van der Waals surface area contributed by atoms with Crippen molar-refractivity contribution in [1.29, 1.82) is 0 Å². The topological polar surface area (TPSA) is 41.1 Å². The van der Waals surface area contributed by atoms with Crippen molar-refractivity contribution in [2.75, 3.05) is 35.8 Å². The predicted molar refractivity (Wildman–Crippen MR) is 65.7 cm³/mol. The molecule has 1 aromatic rings. The van der Waals surface area contributed by atoms with Gasteiger partial charge in [-0.3, -0.25) is 4.98 Å². The summed E-state index contributed by atoms with van der Waals surface area (Å²) in [6.07, 6.45) is 4.80. The summed E-state index contributed by atoms with van der Waals surface area (Å²) in [5.41, 5.74) is 0. The van der Waals surface area contributed by atoms with Crippen molar-refractivity contribution >= 4 is 23.4 Å². The number of hydrogen-bond acceptors (Lipinski definition) is 5. The molecule has 1 unspecified atom stereocenters. The van der Waals surface area contributed by atoms with Gasteiger partial charge in [0, 0.05) is 25.9 Å². The van der Waals surface area contributed by atoms with Gasteiger partial charge in [0.25, 0.3) is 0 Å². The Morgan fingerprint density at radius 3 is 3.07 bits per heavy atom. The monoisotopic (exact) mass is 224 g/mol. The van der Waals surface area contributed by atoms with Crippen LogP contribution in [0.2, 0.25) is 0 Å². The van der Waals surface area contributed by atoms with E-state index in [2.05, 4.69) is 27.2 Å². The highest BCUT2D eigenvalue weighted by atomic mass is 32.2. The van der Waals surface area contributed by atoms with Crippen molar-refractivity contribution in [1.82, 2.24) is 9.97 Å². The van der Waals surface area contributed by atoms with Crippen molar-refractivity contribution in [3.63, 3.8) is 0 Å². The first-order chi connectivity index (χ1) is 7.31. The molecule has 1 atom stereocenters. The van der Waals surface area contributed by atoms with Gasteiger partial charge in [0.05, 0.1) is 12.4 Å². The van der Waals surface area contributed by atoms with Gasteiger partial charge < -0.3 is 10.2 Å². The number of hydrogen-bond donors (Lipinski definition) is 1.